The highest BCUT2D eigenvalue weighted by atomic mass is 79.9. The van der Waals surface area contributed by atoms with Gasteiger partial charge >= 0.3 is 0 Å². The molecule has 0 aliphatic heterocycles. The number of amides is 1. The van der Waals surface area contributed by atoms with E-state index < -0.39 is 0 Å². The molecule has 3 nitrogen and oxygen atoms in total. The molecular formula is C19H15BrN2OS. The zero-order valence-electron chi connectivity index (χ0n) is 13.0. The second kappa shape index (κ2) is 6.07. The van der Waals surface area contributed by atoms with E-state index in [0.29, 0.717) is 4.88 Å². The van der Waals surface area contributed by atoms with E-state index >= 15 is 0 Å². The minimum Gasteiger partial charge on any atom is -0.341 e. The Morgan fingerprint density at radius 3 is 2.62 bits per heavy atom. The lowest BCUT2D eigenvalue weighted by Gasteiger charge is -2.05. The maximum absolute atomic E-state index is 12.4. The Labute approximate surface area is 152 Å². The van der Waals surface area contributed by atoms with E-state index in [9.17, 15) is 4.79 Å². The summed E-state index contributed by atoms with van der Waals surface area (Å²) in [6.45, 7) is 3.06. The molecule has 0 aliphatic rings. The van der Waals surface area contributed by atoms with Crippen LogP contribution in [0.15, 0.2) is 58.4 Å². The highest BCUT2D eigenvalue weighted by molar-refractivity contribution is 9.11. The number of halogens is 1. The number of carbonyl (C=O) groups excluding carboxylic acids is 1. The number of benzene rings is 2. The van der Waals surface area contributed by atoms with Crippen molar-refractivity contribution in [3.63, 3.8) is 0 Å². The van der Waals surface area contributed by atoms with Gasteiger partial charge in [-0.2, -0.15) is 0 Å². The minimum absolute atomic E-state index is 0.0794. The van der Waals surface area contributed by atoms with Gasteiger partial charge in [-0.1, -0.05) is 18.2 Å². The van der Waals surface area contributed by atoms with Crippen LogP contribution in [0.2, 0.25) is 0 Å². The number of anilines is 1. The molecule has 0 saturated carbocycles. The molecule has 1 N–H and O–H groups in total. The van der Waals surface area contributed by atoms with E-state index in [1.165, 1.54) is 27.8 Å². The minimum atomic E-state index is -0.0794. The summed E-state index contributed by atoms with van der Waals surface area (Å²) in [6, 6.07) is 18.2. The zero-order chi connectivity index (χ0) is 16.7. The predicted octanol–water partition coefficient (Wildman–Crippen LogP) is 5.89. The third-order valence-electron chi connectivity index (χ3n) is 4.14. The van der Waals surface area contributed by atoms with Crippen LogP contribution in [0.5, 0.6) is 0 Å². The van der Waals surface area contributed by atoms with Crippen molar-refractivity contribution < 1.29 is 4.79 Å². The number of carbonyl (C=O) groups is 1. The van der Waals surface area contributed by atoms with Crippen molar-refractivity contribution in [2.75, 3.05) is 5.32 Å². The summed E-state index contributed by atoms with van der Waals surface area (Å²) in [6.07, 6.45) is 0. The third kappa shape index (κ3) is 2.54. The Hall–Kier alpha value is -2.11. The number of rotatable bonds is 3. The molecule has 0 atom stereocenters. The number of hydrogen-bond acceptors (Lipinski definition) is 2. The van der Waals surface area contributed by atoms with Crippen molar-refractivity contribution in [2.24, 2.45) is 0 Å². The van der Waals surface area contributed by atoms with E-state index in [-0.39, 0.29) is 5.91 Å². The summed E-state index contributed by atoms with van der Waals surface area (Å²) in [7, 11) is 0. The zero-order valence-corrected chi connectivity index (χ0v) is 15.4. The molecule has 0 unspecified atom stereocenters. The molecule has 0 spiro atoms. The first-order valence-electron chi connectivity index (χ1n) is 7.75. The number of nitrogens with one attached hydrogen (secondary N) is 1. The first-order valence-corrected chi connectivity index (χ1v) is 9.36. The predicted molar refractivity (Wildman–Crippen MR) is 105 cm³/mol. The van der Waals surface area contributed by atoms with Crippen LogP contribution in [0, 0.1) is 0 Å². The molecule has 0 radical (unpaired) electrons. The summed E-state index contributed by atoms with van der Waals surface area (Å²) in [5, 5.41) is 5.37. The highest BCUT2D eigenvalue weighted by Crippen LogP contribution is 2.31. The topological polar surface area (TPSA) is 34.0 Å². The van der Waals surface area contributed by atoms with Crippen molar-refractivity contribution in [3.05, 3.63) is 63.3 Å². The van der Waals surface area contributed by atoms with Gasteiger partial charge in [0.2, 0.25) is 0 Å². The van der Waals surface area contributed by atoms with Crippen molar-refractivity contribution in [1.82, 2.24) is 4.57 Å². The molecule has 0 fully saturated rings. The van der Waals surface area contributed by atoms with Crippen molar-refractivity contribution in [3.8, 4) is 0 Å². The normalized spacial score (nSPS) is 11.2. The Balaban J connectivity index is 1.78. The van der Waals surface area contributed by atoms with Crippen molar-refractivity contribution in [2.45, 2.75) is 13.5 Å². The van der Waals surface area contributed by atoms with Gasteiger partial charge in [0.15, 0.2) is 0 Å². The van der Waals surface area contributed by atoms with Gasteiger partial charge in [0.25, 0.3) is 5.91 Å². The van der Waals surface area contributed by atoms with Crippen LogP contribution in [0.25, 0.3) is 21.8 Å². The van der Waals surface area contributed by atoms with Gasteiger partial charge in [-0.25, -0.2) is 0 Å². The van der Waals surface area contributed by atoms with Gasteiger partial charge in [-0.15, -0.1) is 11.3 Å². The number of thiophene rings is 1. The van der Waals surface area contributed by atoms with Crippen LogP contribution >= 0.6 is 27.3 Å². The second-order valence-electron chi connectivity index (χ2n) is 5.55. The standard InChI is InChI=1S/C19H15BrN2OS/c1-2-22-15-6-4-3-5-13(15)14-11-12(7-8-16(14)22)21-19(23)17-9-10-18(20)24-17/h3-11H,2H2,1H3,(H,21,23). The van der Waals surface area contributed by atoms with Crippen LogP contribution in [0.4, 0.5) is 5.69 Å². The Morgan fingerprint density at radius 2 is 1.88 bits per heavy atom. The molecule has 2 heterocycles. The lowest BCUT2D eigenvalue weighted by molar-refractivity contribution is 0.103. The molecule has 0 saturated heterocycles. The monoisotopic (exact) mass is 398 g/mol. The van der Waals surface area contributed by atoms with Crippen LogP contribution < -0.4 is 5.32 Å². The SMILES string of the molecule is CCn1c2ccccc2c2cc(NC(=O)c3ccc(Br)s3)ccc21. The largest absolute Gasteiger partial charge is 0.341 e. The first-order chi connectivity index (χ1) is 11.7. The molecule has 4 rings (SSSR count). The fourth-order valence-corrected chi connectivity index (χ4v) is 4.38. The number of fused-ring (bicyclic) bond motifs is 3. The molecule has 4 aromatic rings. The number of aromatic nitrogens is 1. The summed E-state index contributed by atoms with van der Waals surface area (Å²) >= 11 is 4.82. The van der Waals surface area contributed by atoms with E-state index in [2.05, 4.69) is 69.1 Å². The first kappa shape index (κ1) is 15.4. The number of aryl methyl sites for hydroxylation is 1. The van der Waals surface area contributed by atoms with Crippen LogP contribution in [-0.2, 0) is 6.54 Å². The van der Waals surface area contributed by atoms with Crippen LogP contribution in [0.1, 0.15) is 16.6 Å². The molecule has 1 amide bonds. The number of hydrogen-bond donors (Lipinski definition) is 1. The maximum atomic E-state index is 12.4. The van der Waals surface area contributed by atoms with Crippen molar-refractivity contribution >= 4 is 60.7 Å². The van der Waals surface area contributed by atoms with Gasteiger partial charge in [0, 0.05) is 34.0 Å². The van der Waals surface area contributed by atoms with Gasteiger partial charge in [0.05, 0.1) is 8.66 Å². The van der Waals surface area contributed by atoms with E-state index in [0.717, 1.165) is 21.4 Å². The van der Waals surface area contributed by atoms with Crippen LogP contribution in [-0.4, -0.2) is 10.5 Å². The molecule has 120 valence electrons. The Bertz CT molecular complexity index is 1060. The fraction of sp³-hybridized carbons (Fsp3) is 0.105. The number of nitrogens with zero attached hydrogens (tertiary/aromatic N) is 1. The highest BCUT2D eigenvalue weighted by Gasteiger charge is 2.12. The lowest BCUT2D eigenvalue weighted by Crippen LogP contribution is -2.09. The smallest absolute Gasteiger partial charge is 0.265 e. The van der Waals surface area contributed by atoms with Crippen molar-refractivity contribution in [1.29, 1.82) is 0 Å². The van der Waals surface area contributed by atoms with Gasteiger partial charge in [-0.05, 0) is 59.3 Å². The average molecular weight is 399 g/mol. The molecule has 0 aliphatic carbocycles. The number of para-hydroxylation sites is 1. The van der Waals surface area contributed by atoms with E-state index in [1.54, 1.807) is 0 Å². The van der Waals surface area contributed by atoms with Crippen LogP contribution in [0.3, 0.4) is 0 Å². The molecule has 2 aromatic carbocycles. The second-order valence-corrected chi connectivity index (χ2v) is 8.01. The summed E-state index contributed by atoms with van der Waals surface area (Å²) in [5.74, 6) is -0.0794. The van der Waals surface area contributed by atoms with E-state index in [1.807, 2.05) is 18.2 Å². The molecule has 24 heavy (non-hydrogen) atoms. The summed E-state index contributed by atoms with van der Waals surface area (Å²) < 4.78 is 3.25. The van der Waals surface area contributed by atoms with Gasteiger partial charge < -0.3 is 9.88 Å². The van der Waals surface area contributed by atoms with Gasteiger partial charge in [-0.3, -0.25) is 4.79 Å². The molecular weight excluding hydrogens is 384 g/mol. The summed E-state index contributed by atoms with van der Waals surface area (Å²) in [5.41, 5.74) is 3.23. The fourth-order valence-electron chi connectivity index (χ4n) is 3.10. The quantitative estimate of drug-likeness (QED) is 0.458. The maximum Gasteiger partial charge on any atom is 0.265 e. The molecule has 2 aromatic heterocycles. The van der Waals surface area contributed by atoms with Gasteiger partial charge in [0.1, 0.15) is 0 Å². The average Bonchev–Trinajstić information content (AvgIpc) is 3.16. The molecule has 5 heteroatoms. The summed E-state index contributed by atoms with van der Waals surface area (Å²) in [4.78, 5) is 13.1. The van der Waals surface area contributed by atoms with E-state index in [4.69, 9.17) is 0 Å². The Morgan fingerprint density at radius 1 is 1.08 bits per heavy atom. The third-order valence-corrected chi connectivity index (χ3v) is 5.77. The Kier molecular flexibility index (Phi) is 3.90. The lowest BCUT2D eigenvalue weighted by atomic mass is 10.1. The molecule has 0 bridgehead atoms.